The Hall–Kier alpha value is -0.710. The molecule has 3 nitrogen and oxygen atoms in total. The lowest BCUT2D eigenvalue weighted by Gasteiger charge is -2.28. The number of amides is 1. The van der Waals surface area contributed by atoms with Gasteiger partial charge in [0.1, 0.15) is 0 Å². The third-order valence-electron chi connectivity index (χ3n) is 3.60. The minimum Gasteiger partial charge on any atom is -0.394 e. The molecule has 0 spiro atoms. The second-order valence-corrected chi connectivity index (χ2v) is 6.42. The first-order valence-corrected chi connectivity index (χ1v) is 8.36. The van der Waals surface area contributed by atoms with E-state index >= 15 is 0 Å². The second kappa shape index (κ2) is 7.91. The van der Waals surface area contributed by atoms with Crippen molar-refractivity contribution in [3.63, 3.8) is 0 Å². The molecule has 1 aliphatic rings. The Labute approximate surface area is 129 Å². The number of hydrogen-bond acceptors (Lipinski definition) is 3. The molecule has 1 heterocycles. The maximum absolute atomic E-state index is 12.4. The lowest BCUT2D eigenvalue weighted by molar-refractivity contribution is -0.131. The number of halogens is 1. The maximum atomic E-state index is 12.4. The number of aliphatic hydroxyl groups excluding tert-OH is 1. The monoisotopic (exact) mass is 313 g/mol. The average molecular weight is 314 g/mol. The van der Waals surface area contributed by atoms with Crippen LogP contribution in [0.1, 0.15) is 25.7 Å². The highest BCUT2D eigenvalue weighted by molar-refractivity contribution is 8.00. The van der Waals surface area contributed by atoms with Crippen molar-refractivity contribution < 1.29 is 9.90 Å². The van der Waals surface area contributed by atoms with E-state index in [0.717, 1.165) is 37.1 Å². The number of hydrogen-bond donors (Lipinski definition) is 1. The van der Waals surface area contributed by atoms with Crippen molar-refractivity contribution in [1.29, 1.82) is 0 Å². The molecule has 0 aliphatic carbocycles. The van der Waals surface area contributed by atoms with E-state index in [-0.39, 0.29) is 18.6 Å². The van der Waals surface area contributed by atoms with Gasteiger partial charge in [-0.05, 0) is 25.0 Å². The molecule has 0 aromatic heterocycles. The van der Waals surface area contributed by atoms with Crippen LogP contribution in [0, 0.1) is 0 Å². The van der Waals surface area contributed by atoms with Gasteiger partial charge in [-0.2, -0.15) is 0 Å². The van der Waals surface area contributed by atoms with Crippen LogP contribution in [0.3, 0.4) is 0 Å². The molecule has 0 saturated carbocycles. The summed E-state index contributed by atoms with van der Waals surface area (Å²) in [5.41, 5.74) is 0. The zero-order valence-electron chi connectivity index (χ0n) is 11.4. The smallest absolute Gasteiger partial charge is 0.233 e. The highest BCUT2D eigenvalue weighted by Gasteiger charge is 2.24. The highest BCUT2D eigenvalue weighted by Crippen LogP contribution is 2.27. The second-order valence-electron chi connectivity index (χ2n) is 4.99. The number of nitrogens with zero attached hydrogens (tertiary/aromatic N) is 1. The van der Waals surface area contributed by atoms with Crippen molar-refractivity contribution in [2.75, 3.05) is 18.9 Å². The van der Waals surface area contributed by atoms with E-state index in [1.807, 2.05) is 29.2 Å². The molecule has 0 radical (unpaired) electrons. The molecule has 20 heavy (non-hydrogen) atoms. The predicted octanol–water partition coefficient (Wildman–Crippen LogP) is 3.20. The largest absolute Gasteiger partial charge is 0.394 e. The van der Waals surface area contributed by atoms with Crippen molar-refractivity contribution in [1.82, 2.24) is 4.90 Å². The molecule has 2 rings (SSSR count). The molecule has 1 unspecified atom stereocenters. The maximum Gasteiger partial charge on any atom is 0.233 e. The Bertz CT molecular complexity index is 455. The fourth-order valence-corrected chi connectivity index (χ4v) is 3.60. The molecule has 0 bridgehead atoms. The quantitative estimate of drug-likeness (QED) is 0.868. The summed E-state index contributed by atoms with van der Waals surface area (Å²) in [5, 5.41) is 10.1. The Kier molecular flexibility index (Phi) is 6.20. The van der Waals surface area contributed by atoms with Crippen molar-refractivity contribution in [2.24, 2.45) is 0 Å². The van der Waals surface area contributed by atoms with Gasteiger partial charge < -0.3 is 10.0 Å². The lowest BCUT2D eigenvalue weighted by atomic mass is 10.1. The normalized spacial score (nSPS) is 19.7. The van der Waals surface area contributed by atoms with Crippen LogP contribution in [-0.4, -0.2) is 40.9 Å². The van der Waals surface area contributed by atoms with Gasteiger partial charge in [-0.1, -0.05) is 36.6 Å². The first-order valence-electron chi connectivity index (χ1n) is 7.00. The number of likely N-dealkylation sites (tertiary alicyclic amines) is 1. The highest BCUT2D eigenvalue weighted by atomic mass is 35.5. The van der Waals surface area contributed by atoms with Gasteiger partial charge in [-0.15, -0.1) is 11.8 Å². The van der Waals surface area contributed by atoms with Crippen molar-refractivity contribution >= 4 is 29.3 Å². The van der Waals surface area contributed by atoms with Crippen molar-refractivity contribution in [3.8, 4) is 0 Å². The molecule has 1 fully saturated rings. The number of carbonyl (C=O) groups excluding carboxylic acids is 1. The molecule has 1 aromatic rings. The van der Waals surface area contributed by atoms with Crippen LogP contribution in [-0.2, 0) is 4.79 Å². The van der Waals surface area contributed by atoms with E-state index in [2.05, 4.69) is 0 Å². The number of benzene rings is 1. The number of thioether (sulfide) groups is 1. The third kappa shape index (κ3) is 4.14. The Balaban J connectivity index is 1.94. The molecule has 1 aromatic carbocycles. The van der Waals surface area contributed by atoms with Gasteiger partial charge in [0.2, 0.25) is 5.91 Å². The molecular weight excluding hydrogens is 294 g/mol. The van der Waals surface area contributed by atoms with Gasteiger partial charge in [0.25, 0.3) is 0 Å². The Morgan fingerprint density at radius 3 is 2.90 bits per heavy atom. The fraction of sp³-hybridized carbons (Fsp3) is 0.533. The number of aliphatic hydroxyl groups is 1. The van der Waals surface area contributed by atoms with Crippen molar-refractivity contribution in [2.45, 2.75) is 36.6 Å². The molecule has 110 valence electrons. The molecule has 1 atom stereocenters. The van der Waals surface area contributed by atoms with Gasteiger partial charge in [-0.25, -0.2) is 0 Å². The molecule has 1 N–H and O–H groups in total. The molecular formula is C15H20ClNO2S. The topological polar surface area (TPSA) is 40.5 Å². The van der Waals surface area contributed by atoms with Crippen LogP contribution in [0.5, 0.6) is 0 Å². The zero-order valence-corrected chi connectivity index (χ0v) is 13.0. The molecule has 1 aliphatic heterocycles. The first kappa shape index (κ1) is 15.7. The summed E-state index contributed by atoms with van der Waals surface area (Å²) in [5.74, 6) is 0.469. The van der Waals surface area contributed by atoms with E-state index in [1.165, 1.54) is 11.8 Å². The summed E-state index contributed by atoms with van der Waals surface area (Å²) in [4.78, 5) is 15.1. The Morgan fingerprint density at radius 1 is 1.35 bits per heavy atom. The molecule has 1 saturated heterocycles. The summed E-state index contributed by atoms with van der Waals surface area (Å²) in [6.45, 7) is 0.815. The van der Waals surface area contributed by atoms with Gasteiger partial charge >= 0.3 is 0 Å². The van der Waals surface area contributed by atoms with Gasteiger partial charge in [0.15, 0.2) is 0 Å². The number of carbonyl (C=O) groups is 1. The van der Waals surface area contributed by atoms with Gasteiger partial charge in [0.05, 0.1) is 23.4 Å². The fourth-order valence-electron chi connectivity index (χ4n) is 2.48. The summed E-state index contributed by atoms with van der Waals surface area (Å²) >= 11 is 7.55. The van der Waals surface area contributed by atoms with E-state index in [1.54, 1.807) is 0 Å². The summed E-state index contributed by atoms with van der Waals surface area (Å²) in [6, 6.07) is 7.53. The van der Waals surface area contributed by atoms with Crippen molar-refractivity contribution in [3.05, 3.63) is 29.3 Å². The van der Waals surface area contributed by atoms with Crippen LogP contribution in [0.4, 0.5) is 0 Å². The van der Waals surface area contributed by atoms with Crippen LogP contribution >= 0.6 is 23.4 Å². The SMILES string of the molecule is O=C(CSc1ccccc1Cl)N1CCCCCC1CO. The minimum atomic E-state index is -0.0168. The Morgan fingerprint density at radius 2 is 2.15 bits per heavy atom. The predicted molar refractivity (Wildman–Crippen MR) is 83.2 cm³/mol. The summed E-state index contributed by atoms with van der Waals surface area (Å²) in [6.07, 6.45) is 4.16. The summed E-state index contributed by atoms with van der Waals surface area (Å²) in [7, 11) is 0. The van der Waals surface area contributed by atoms with E-state index in [9.17, 15) is 9.90 Å². The molecule has 5 heteroatoms. The summed E-state index contributed by atoms with van der Waals surface area (Å²) < 4.78 is 0. The van der Waals surface area contributed by atoms with Gasteiger partial charge in [0, 0.05) is 11.4 Å². The molecule has 1 amide bonds. The van der Waals surface area contributed by atoms with E-state index in [4.69, 9.17) is 11.6 Å². The van der Waals surface area contributed by atoms with Gasteiger partial charge in [-0.3, -0.25) is 4.79 Å². The lowest BCUT2D eigenvalue weighted by Crippen LogP contribution is -2.43. The minimum absolute atomic E-state index is 0.0168. The van der Waals surface area contributed by atoms with E-state index in [0.29, 0.717) is 10.8 Å². The zero-order chi connectivity index (χ0) is 14.4. The number of rotatable bonds is 4. The van der Waals surface area contributed by atoms with Crippen LogP contribution < -0.4 is 0 Å². The van der Waals surface area contributed by atoms with Crippen LogP contribution in [0.2, 0.25) is 5.02 Å². The first-order chi connectivity index (χ1) is 9.72. The average Bonchev–Trinajstić information content (AvgIpc) is 2.71. The van der Waals surface area contributed by atoms with E-state index < -0.39 is 0 Å². The third-order valence-corrected chi connectivity index (χ3v) is 5.10. The van der Waals surface area contributed by atoms with Crippen LogP contribution in [0.25, 0.3) is 0 Å². The van der Waals surface area contributed by atoms with Crippen LogP contribution in [0.15, 0.2) is 29.2 Å². The standard InChI is InChI=1S/C15H20ClNO2S/c16-13-7-3-4-8-14(13)20-11-15(19)17-9-5-1-2-6-12(17)10-18/h3-4,7-8,12,18H,1-2,5-6,9-11H2.